The number of hydrogen-bond donors (Lipinski definition) is 0. The Morgan fingerprint density at radius 2 is 1.96 bits per heavy atom. The van der Waals surface area contributed by atoms with Gasteiger partial charge in [0, 0.05) is 11.6 Å². The Morgan fingerprint density at radius 1 is 1.17 bits per heavy atom. The summed E-state index contributed by atoms with van der Waals surface area (Å²) in [7, 11) is 0. The lowest BCUT2D eigenvalue weighted by Gasteiger charge is -2.08. The highest BCUT2D eigenvalue weighted by Crippen LogP contribution is 2.28. The molecule has 0 bridgehead atoms. The molecule has 0 saturated heterocycles. The van der Waals surface area contributed by atoms with Crippen LogP contribution in [-0.4, -0.2) is 17.3 Å². The van der Waals surface area contributed by atoms with Gasteiger partial charge in [-0.1, -0.05) is 18.2 Å². The van der Waals surface area contributed by atoms with E-state index in [0.717, 1.165) is 24.8 Å². The lowest BCUT2D eigenvalue weighted by Crippen LogP contribution is -2.12. The molecule has 0 amide bonds. The summed E-state index contributed by atoms with van der Waals surface area (Å²) in [5, 5.41) is 11.0. The SMILES string of the molecule is Cc1ccc([N+](=O)[O-])c(OCC(=O)c2ccc3c(c2)CCC3)c1. The van der Waals surface area contributed by atoms with Crippen LogP contribution in [0.5, 0.6) is 5.75 Å². The number of benzene rings is 2. The lowest BCUT2D eigenvalue weighted by atomic mass is 10.0. The Labute approximate surface area is 134 Å². The van der Waals surface area contributed by atoms with E-state index in [-0.39, 0.29) is 23.8 Å². The van der Waals surface area contributed by atoms with Gasteiger partial charge in [-0.2, -0.15) is 0 Å². The normalized spacial score (nSPS) is 12.7. The topological polar surface area (TPSA) is 69.4 Å². The van der Waals surface area contributed by atoms with Gasteiger partial charge in [-0.3, -0.25) is 14.9 Å². The van der Waals surface area contributed by atoms with Crippen molar-refractivity contribution in [2.75, 3.05) is 6.61 Å². The summed E-state index contributed by atoms with van der Waals surface area (Å²) < 4.78 is 5.42. The molecule has 0 heterocycles. The van der Waals surface area contributed by atoms with Crippen molar-refractivity contribution < 1.29 is 14.5 Å². The first kappa shape index (κ1) is 15.2. The van der Waals surface area contributed by atoms with Crippen molar-refractivity contribution in [3.05, 3.63) is 68.8 Å². The highest BCUT2D eigenvalue weighted by molar-refractivity contribution is 5.97. The van der Waals surface area contributed by atoms with Crippen LogP contribution in [0.1, 0.15) is 33.5 Å². The van der Waals surface area contributed by atoms with Crippen molar-refractivity contribution in [1.29, 1.82) is 0 Å². The molecule has 0 aliphatic heterocycles. The average molecular weight is 311 g/mol. The zero-order valence-corrected chi connectivity index (χ0v) is 12.9. The number of hydrogen-bond acceptors (Lipinski definition) is 4. The van der Waals surface area contributed by atoms with E-state index in [1.165, 1.54) is 17.2 Å². The molecule has 1 aliphatic carbocycles. The number of nitrogens with zero attached hydrogens (tertiary/aromatic N) is 1. The molecule has 5 nitrogen and oxygen atoms in total. The van der Waals surface area contributed by atoms with E-state index in [9.17, 15) is 14.9 Å². The summed E-state index contributed by atoms with van der Waals surface area (Å²) >= 11 is 0. The van der Waals surface area contributed by atoms with Crippen LogP contribution in [0.2, 0.25) is 0 Å². The number of carbonyl (C=O) groups is 1. The highest BCUT2D eigenvalue weighted by Gasteiger charge is 2.18. The van der Waals surface area contributed by atoms with Crippen LogP contribution in [0.15, 0.2) is 36.4 Å². The molecule has 0 N–H and O–H groups in total. The molecule has 1 aliphatic rings. The second kappa shape index (κ2) is 6.20. The van der Waals surface area contributed by atoms with Crippen LogP contribution in [0, 0.1) is 17.0 Å². The number of ether oxygens (including phenoxy) is 1. The zero-order chi connectivity index (χ0) is 16.4. The van der Waals surface area contributed by atoms with Crippen molar-refractivity contribution in [3.63, 3.8) is 0 Å². The third kappa shape index (κ3) is 3.23. The van der Waals surface area contributed by atoms with Crippen LogP contribution in [0.3, 0.4) is 0 Å². The molecule has 0 radical (unpaired) electrons. The number of Topliss-reactive ketones (excluding diaryl/α,β-unsaturated/α-hetero) is 1. The van der Waals surface area contributed by atoms with Crippen molar-refractivity contribution in [2.45, 2.75) is 26.2 Å². The summed E-state index contributed by atoms with van der Waals surface area (Å²) in [6, 6.07) is 10.3. The van der Waals surface area contributed by atoms with Gasteiger partial charge in [0.25, 0.3) is 0 Å². The Hall–Kier alpha value is -2.69. The fourth-order valence-corrected chi connectivity index (χ4v) is 2.86. The predicted molar refractivity (Wildman–Crippen MR) is 86.1 cm³/mol. The predicted octanol–water partition coefficient (Wildman–Crippen LogP) is 3.65. The van der Waals surface area contributed by atoms with E-state index in [2.05, 4.69) is 0 Å². The Bertz CT molecular complexity index is 783. The summed E-state index contributed by atoms with van der Waals surface area (Å²) in [6.45, 7) is 1.61. The Kier molecular flexibility index (Phi) is 4.10. The van der Waals surface area contributed by atoms with Gasteiger partial charge in [0.2, 0.25) is 0 Å². The number of rotatable bonds is 5. The third-order valence-electron chi connectivity index (χ3n) is 4.09. The lowest BCUT2D eigenvalue weighted by molar-refractivity contribution is -0.385. The fraction of sp³-hybridized carbons (Fsp3) is 0.278. The van der Waals surface area contributed by atoms with Crippen LogP contribution in [-0.2, 0) is 12.8 Å². The molecule has 0 fully saturated rings. The number of ketones is 1. The smallest absolute Gasteiger partial charge is 0.310 e. The van der Waals surface area contributed by atoms with Gasteiger partial charge in [-0.25, -0.2) is 0 Å². The summed E-state index contributed by atoms with van der Waals surface area (Å²) in [4.78, 5) is 22.8. The number of carbonyl (C=O) groups excluding carboxylic acids is 1. The molecule has 3 rings (SSSR count). The van der Waals surface area contributed by atoms with Crippen molar-refractivity contribution in [2.24, 2.45) is 0 Å². The van der Waals surface area contributed by atoms with E-state index in [0.29, 0.717) is 5.56 Å². The molecule has 2 aromatic carbocycles. The van der Waals surface area contributed by atoms with E-state index >= 15 is 0 Å². The van der Waals surface area contributed by atoms with Gasteiger partial charge in [0.1, 0.15) is 0 Å². The maximum Gasteiger partial charge on any atom is 0.310 e. The molecule has 0 atom stereocenters. The average Bonchev–Trinajstić information content (AvgIpc) is 2.99. The minimum absolute atomic E-state index is 0.127. The van der Waals surface area contributed by atoms with Gasteiger partial charge in [0.05, 0.1) is 4.92 Å². The van der Waals surface area contributed by atoms with E-state index in [4.69, 9.17) is 4.74 Å². The van der Waals surface area contributed by atoms with Gasteiger partial charge in [-0.05, 0) is 55.0 Å². The van der Waals surface area contributed by atoms with Crippen molar-refractivity contribution >= 4 is 11.5 Å². The summed E-state index contributed by atoms with van der Waals surface area (Å²) in [5.74, 6) is -0.0417. The van der Waals surface area contributed by atoms with Crippen molar-refractivity contribution in [3.8, 4) is 5.75 Å². The van der Waals surface area contributed by atoms with Crippen LogP contribution >= 0.6 is 0 Å². The first-order chi connectivity index (χ1) is 11.0. The zero-order valence-electron chi connectivity index (χ0n) is 12.9. The van der Waals surface area contributed by atoms with E-state index < -0.39 is 4.92 Å². The van der Waals surface area contributed by atoms with Crippen LogP contribution in [0.25, 0.3) is 0 Å². The fourth-order valence-electron chi connectivity index (χ4n) is 2.86. The molecule has 118 valence electrons. The highest BCUT2D eigenvalue weighted by atomic mass is 16.6. The van der Waals surface area contributed by atoms with E-state index in [1.54, 1.807) is 18.2 Å². The molecular formula is C18H17NO4. The first-order valence-corrected chi connectivity index (χ1v) is 7.57. The molecule has 5 heteroatoms. The molecular weight excluding hydrogens is 294 g/mol. The monoisotopic (exact) mass is 311 g/mol. The Morgan fingerprint density at radius 3 is 2.74 bits per heavy atom. The summed E-state index contributed by atoms with van der Waals surface area (Å²) in [5.41, 5.74) is 3.84. The number of nitro benzene ring substituents is 1. The number of nitro groups is 1. The first-order valence-electron chi connectivity index (χ1n) is 7.57. The second-order valence-corrected chi connectivity index (χ2v) is 5.78. The second-order valence-electron chi connectivity index (χ2n) is 5.78. The van der Waals surface area contributed by atoms with Gasteiger partial charge < -0.3 is 4.74 Å². The minimum atomic E-state index is -0.505. The maximum absolute atomic E-state index is 12.3. The van der Waals surface area contributed by atoms with Crippen LogP contribution in [0.4, 0.5) is 5.69 Å². The van der Waals surface area contributed by atoms with Gasteiger partial charge >= 0.3 is 5.69 Å². The number of aryl methyl sites for hydroxylation is 3. The molecule has 0 saturated carbocycles. The number of fused-ring (bicyclic) bond motifs is 1. The molecule has 0 aromatic heterocycles. The van der Waals surface area contributed by atoms with Gasteiger partial charge in [-0.15, -0.1) is 0 Å². The quantitative estimate of drug-likeness (QED) is 0.480. The standard InChI is InChI=1S/C18H17NO4/c1-12-5-8-16(19(21)22)18(9-12)23-11-17(20)15-7-6-13-3-2-4-14(13)10-15/h5-10H,2-4,11H2,1H3. The van der Waals surface area contributed by atoms with Gasteiger partial charge in [0.15, 0.2) is 18.1 Å². The summed E-state index contributed by atoms with van der Waals surface area (Å²) in [6.07, 6.45) is 3.19. The third-order valence-corrected chi connectivity index (χ3v) is 4.09. The molecule has 23 heavy (non-hydrogen) atoms. The Balaban J connectivity index is 1.74. The largest absolute Gasteiger partial charge is 0.478 e. The maximum atomic E-state index is 12.3. The molecule has 0 unspecified atom stereocenters. The van der Waals surface area contributed by atoms with Crippen LogP contribution < -0.4 is 4.74 Å². The molecule has 0 spiro atoms. The van der Waals surface area contributed by atoms with Crippen molar-refractivity contribution in [1.82, 2.24) is 0 Å². The van der Waals surface area contributed by atoms with E-state index in [1.807, 2.05) is 19.1 Å². The minimum Gasteiger partial charge on any atom is -0.478 e. The molecule has 2 aromatic rings.